The van der Waals surface area contributed by atoms with Gasteiger partial charge in [-0.3, -0.25) is 9.48 Å². The second-order valence-corrected chi connectivity index (χ2v) is 8.39. The van der Waals surface area contributed by atoms with Crippen LogP contribution in [0.4, 0.5) is 10.9 Å². The average molecular weight is 424 g/mol. The maximum absolute atomic E-state index is 12.7. The molecule has 3 aromatic heterocycles. The molecule has 0 radical (unpaired) electrons. The molecule has 0 unspecified atom stereocenters. The minimum Gasteiger partial charge on any atom is -0.338 e. The van der Waals surface area contributed by atoms with Crippen molar-refractivity contribution < 1.29 is 4.79 Å². The smallest absolute Gasteiger partial charge is 0.246 e. The maximum atomic E-state index is 12.7. The Morgan fingerprint density at radius 1 is 1.30 bits per heavy atom. The van der Waals surface area contributed by atoms with E-state index in [4.69, 9.17) is 0 Å². The van der Waals surface area contributed by atoms with Crippen LogP contribution in [-0.4, -0.2) is 48.6 Å². The van der Waals surface area contributed by atoms with E-state index in [0.29, 0.717) is 12.4 Å². The van der Waals surface area contributed by atoms with Gasteiger partial charge >= 0.3 is 0 Å². The molecule has 0 bridgehead atoms. The van der Waals surface area contributed by atoms with Crippen LogP contribution in [-0.2, 0) is 11.8 Å². The zero-order valence-corrected chi connectivity index (χ0v) is 18.4. The Hall–Kier alpha value is -3.07. The summed E-state index contributed by atoms with van der Waals surface area (Å²) >= 11 is 1.52. The van der Waals surface area contributed by atoms with Gasteiger partial charge in [-0.15, -0.1) is 11.3 Å². The van der Waals surface area contributed by atoms with Crippen LogP contribution in [0.5, 0.6) is 0 Å². The Kier molecular flexibility index (Phi) is 5.63. The number of hydrogen-bond acceptors (Lipinski definition) is 7. The van der Waals surface area contributed by atoms with Crippen LogP contribution in [0.1, 0.15) is 40.8 Å². The summed E-state index contributed by atoms with van der Waals surface area (Å²) in [6.07, 6.45) is 6.17. The molecule has 1 amide bonds. The molecule has 1 N–H and O–H groups in total. The highest BCUT2D eigenvalue weighted by molar-refractivity contribution is 7.13. The topological polar surface area (TPSA) is 88.8 Å². The molecule has 0 saturated carbocycles. The average Bonchev–Trinajstić information content (AvgIpc) is 3.43. The van der Waals surface area contributed by atoms with Crippen LogP contribution < -0.4 is 5.32 Å². The van der Waals surface area contributed by atoms with Crippen LogP contribution in [0, 0.1) is 20.8 Å². The van der Waals surface area contributed by atoms with Gasteiger partial charge in [-0.05, 0) is 33.3 Å². The van der Waals surface area contributed by atoms with Gasteiger partial charge in [0.15, 0.2) is 5.13 Å². The third kappa shape index (κ3) is 4.25. The number of rotatable bonds is 5. The van der Waals surface area contributed by atoms with Crippen LogP contribution in [0.15, 0.2) is 23.7 Å². The second-order valence-electron chi connectivity index (χ2n) is 7.50. The molecule has 0 spiro atoms. The first-order chi connectivity index (χ1) is 14.4. The van der Waals surface area contributed by atoms with Crippen LogP contribution in [0.25, 0.3) is 6.08 Å². The predicted octanol–water partition coefficient (Wildman–Crippen LogP) is 3.36. The number of thiazole rings is 1. The minimum absolute atomic E-state index is 0.0204. The maximum Gasteiger partial charge on any atom is 0.246 e. The lowest BCUT2D eigenvalue weighted by Gasteiger charge is -2.15. The summed E-state index contributed by atoms with van der Waals surface area (Å²) in [4.78, 5) is 27.9. The number of anilines is 2. The molecular weight excluding hydrogens is 398 g/mol. The molecule has 4 heterocycles. The van der Waals surface area contributed by atoms with Crippen molar-refractivity contribution in [3.63, 3.8) is 0 Å². The zero-order valence-electron chi connectivity index (χ0n) is 17.6. The fourth-order valence-corrected chi connectivity index (χ4v) is 4.29. The van der Waals surface area contributed by atoms with E-state index in [2.05, 4.69) is 25.4 Å². The third-order valence-corrected chi connectivity index (χ3v) is 6.09. The van der Waals surface area contributed by atoms with Gasteiger partial charge in [0.1, 0.15) is 11.6 Å². The fraction of sp³-hybridized carbons (Fsp3) is 0.381. The number of nitrogens with one attached hydrogen (secondary N) is 1. The lowest BCUT2D eigenvalue weighted by atomic mass is 10.0. The highest BCUT2D eigenvalue weighted by Gasteiger charge is 2.28. The summed E-state index contributed by atoms with van der Waals surface area (Å²) in [7, 11) is 1.91. The zero-order chi connectivity index (χ0) is 21.3. The molecule has 156 valence electrons. The van der Waals surface area contributed by atoms with E-state index in [-0.39, 0.29) is 11.8 Å². The van der Waals surface area contributed by atoms with Crippen molar-refractivity contribution in [2.45, 2.75) is 33.1 Å². The number of aryl methyl sites for hydroxylation is 3. The SMILES string of the molecule is Cc1nc(Nc2nccs2)cc([C@H]2CCN(C(=O)/C=C/c3c(C)nn(C)c3C)C2)n1. The number of nitrogens with zero attached hydrogens (tertiary/aromatic N) is 6. The van der Waals surface area contributed by atoms with Gasteiger partial charge in [0, 0.05) is 61.0 Å². The molecule has 9 heteroatoms. The molecule has 0 aromatic carbocycles. The first-order valence-corrected chi connectivity index (χ1v) is 10.8. The van der Waals surface area contributed by atoms with Crippen molar-refractivity contribution >= 4 is 34.3 Å². The summed E-state index contributed by atoms with van der Waals surface area (Å²) in [6, 6.07) is 1.96. The first-order valence-electron chi connectivity index (χ1n) is 9.90. The lowest BCUT2D eigenvalue weighted by molar-refractivity contribution is -0.124. The number of amides is 1. The molecular formula is C21H25N7OS. The minimum atomic E-state index is 0.0204. The molecule has 1 fully saturated rings. The van der Waals surface area contributed by atoms with Crippen LogP contribution in [0.2, 0.25) is 0 Å². The Balaban J connectivity index is 1.44. The molecule has 0 aliphatic carbocycles. The highest BCUT2D eigenvalue weighted by Crippen LogP contribution is 2.28. The Morgan fingerprint density at radius 3 is 2.83 bits per heavy atom. The Morgan fingerprint density at radius 2 is 2.13 bits per heavy atom. The molecule has 1 aliphatic rings. The van der Waals surface area contributed by atoms with E-state index < -0.39 is 0 Å². The van der Waals surface area contributed by atoms with Crippen molar-refractivity contribution in [3.05, 3.63) is 52.2 Å². The standard InChI is InChI=1S/C21H25N7OS/c1-13-17(14(2)27(4)26-13)5-6-20(29)28-9-7-16(12-28)18-11-19(24-15(3)23-18)25-21-22-8-10-30-21/h5-6,8,10-11,16H,7,9,12H2,1-4H3,(H,22,23,24,25)/b6-5+/t16-/m0/s1. The van der Waals surface area contributed by atoms with Crippen molar-refractivity contribution in [2.75, 3.05) is 18.4 Å². The van der Waals surface area contributed by atoms with E-state index in [9.17, 15) is 4.79 Å². The van der Waals surface area contributed by atoms with E-state index in [1.165, 1.54) is 11.3 Å². The van der Waals surface area contributed by atoms with E-state index in [0.717, 1.165) is 46.6 Å². The second kappa shape index (κ2) is 8.35. The summed E-state index contributed by atoms with van der Waals surface area (Å²) in [6.45, 7) is 7.22. The third-order valence-electron chi connectivity index (χ3n) is 5.40. The summed E-state index contributed by atoms with van der Waals surface area (Å²) in [5.41, 5.74) is 3.94. The Labute approximate surface area is 179 Å². The number of aromatic nitrogens is 5. The fourth-order valence-electron chi connectivity index (χ4n) is 3.75. The number of carbonyl (C=O) groups is 1. The van der Waals surface area contributed by atoms with Crippen molar-refractivity contribution in [1.29, 1.82) is 0 Å². The van der Waals surface area contributed by atoms with Gasteiger partial charge in [0.05, 0.1) is 11.4 Å². The van der Waals surface area contributed by atoms with E-state index in [1.54, 1.807) is 12.3 Å². The number of likely N-dealkylation sites (tertiary alicyclic amines) is 1. The first kappa shape index (κ1) is 20.2. The molecule has 3 aromatic rings. The molecule has 4 rings (SSSR count). The van der Waals surface area contributed by atoms with E-state index >= 15 is 0 Å². The molecule has 30 heavy (non-hydrogen) atoms. The predicted molar refractivity (Wildman–Crippen MR) is 118 cm³/mol. The van der Waals surface area contributed by atoms with Crippen LogP contribution in [0.3, 0.4) is 0 Å². The summed E-state index contributed by atoms with van der Waals surface area (Å²) in [5.74, 6) is 1.66. The van der Waals surface area contributed by atoms with Gasteiger partial charge in [0.2, 0.25) is 5.91 Å². The largest absolute Gasteiger partial charge is 0.338 e. The number of hydrogen-bond donors (Lipinski definition) is 1. The van der Waals surface area contributed by atoms with Crippen molar-refractivity contribution in [1.82, 2.24) is 29.6 Å². The summed E-state index contributed by atoms with van der Waals surface area (Å²) < 4.78 is 1.83. The quantitative estimate of drug-likeness (QED) is 0.633. The molecule has 8 nitrogen and oxygen atoms in total. The lowest BCUT2D eigenvalue weighted by Crippen LogP contribution is -2.26. The van der Waals surface area contributed by atoms with Gasteiger partial charge in [-0.25, -0.2) is 15.0 Å². The van der Waals surface area contributed by atoms with Crippen molar-refractivity contribution in [3.8, 4) is 0 Å². The molecule has 1 atom stereocenters. The van der Waals surface area contributed by atoms with Gasteiger partial charge in [0.25, 0.3) is 0 Å². The Bertz CT molecular complexity index is 1090. The van der Waals surface area contributed by atoms with Crippen LogP contribution >= 0.6 is 11.3 Å². The summed E-state index contributed by atoms with van der Waals surface area (Å²) in [5, 5.41) is 10.3. The normalized spacial score (nSPS) is 16.5. The highest BCUT2D eigenvalue weighted by atomic mass is 32.1. The van der Waals surface area contributed by atoms with Gasteiger partial charge < -0.3 is 10.2 Å². The number of carbonyl (C=O) groups excluding carboxylic acids is 1. The van der Waals surface area contributed by atoms with Gasteiger partial charge in [-0.2, -0.15) is 5.10 Å². The van der Waals surface area contributed by atoms with Gasteiger partial charge in [-0.1, -0.05) is 0 Å². The molecule has 1 saturated heterocycles. The van der Waals surface area contributed by atoms with Crippen molar-refractivity contribution in [2.24, 2.45) is 7.05 Å². The monoisotopic (exact) mass is 423 g/mol. The molecule has 1 aliphatic heterocycles. The van der Waals surface area contributed by atoms with E-state index in [1.807, 2.05) is 54.9 Å².